The summed E-state index contributed by atoms with van der Waals surface area (Å²) in [5, 5.41) is 11.4. The summed E-state index contributed by atoms with van der Waals surface area (Å²) in [6, 6.07) is 14.2. The molecule has 0 saturated carbocycles. The van der Waals surface area contributed by atoms with Gasteiger partial charge in [0.2, 0.25) is 0 Å². The number of fused-ring (bicyclic) bond motifs is 1. The summed E-state index contributed by atoms with van der Waals surface area (Å²) in [4.78, 5) is 11.7. The third-order valence-corrected chi connectivity index (χ3v) is 4.83. The Morgan fingerprint density at radius 3 is 2.67 bits per heavy atom. The van der Waals surface area contributed by atoms with Crippen molar-refractivity contribution in [2.45, 2.75) is 45.2 Å². The van der Waals surface area contributed by atoms with Crippen LogP contribution < -0.4 is 4.74 Å². The van der Waals surface area contributed by atoms with Crippen LogP contribution in [0.1, 0.15) is 26.6 Å². The minimum absolute atomic E-state index is 0.118. The minimum atomic E-state index is -0.255. The largest absolute Gasteiger partial charge is 0.486 e. The normalized spacial score (nSPS) is 11.1. The molecule has 0 aliphatic heterocycles. The molecule has 0 aliphatic carbocycles. The topological polar surface area (TPSA) is 66.2 Å². The Kier molecular flexibility index (Phi) is 6.34. The van der Waals surface area contributed by atoms with Crippen LogP contribution in [0.5, 0.6) is 5.75 Å². The van der Waals surface area contributed by atoms with E-state index < -0.39 is 0 Å². The highest BCUT2D eigenvalue weighted by atomic mass is 32.2. The monoisotopic (exact) mass is 385 g/mol. The molecule has 27 heavy (non-hydrogen) atoms. The lowest BCUT2D eigenvalue weighted by Crippen LogP contribution is -2.14. The van der Waals surface area contributed by atoms with Gasteiger partial charge in [-0.15, -0.1) is 10.2 Å². The van der Waals surface area contributed by atoms with E-state index in [0.29, 0.717) is 18.3 Å². The Labute approximate surface area is 162 Å². The summed E-state index contributed by atoms with van der Waals surface area (Å²) >= 11 is 1.33. The number of carbonyl (C=O) groups is 1. The SMILES string of the molecule is CCn1c(COc2ccc3ccccc3c2)nnc1SCC(=O)OC(C)C. The molecule has 0 saturated heterocycles. The molecule has 0 amide bonds. The standard InChI is InChI=1S/C20H23N3O3S/c1-4-23-18(21-22-20(23)27-13-19(24)26-14(2)3)12-25-17-10-9-15-7-5-6-8-16(15)11-17/h5-11,14H,4,12-13H2,1-3H3. The zero-order valence-electron chi connectivity index (χ0n) is 15.7. The van der Waals surface area contributed by atoms with Gasteiger partial charge in [0.25, 0.3) is 0 Å². The number of rotatable bonds is 8. The number of nitrogens with zero attached hydrogens (tertiary/aromatic N) is 3. The molecule has 0 unspecified atom stereocenters. The van der Waals surface area contributed by atoms with Crippen LogP contribution >= 0.6 is 11.8 Å². The minimum Gasteiger partial charge on any atom is -0.486 e. The van der Waals surface area contributed by atoms with Crippen LogP contribution in [0.3, 0.4) is 0 Å². The van der Waals surface area contributed by atoms with Gasteiger partial charge >= 0.3 is 5.97 Å². The Balaban J connectivity index is 1.64. The van der Waals surface area contributed by atoms with E-state index >= 15 is 0 Å². The molecule has 7 heteroatoms. The van der Waals surface area contributed by atoms with Gasteiger partial charge in [0.1, 0.15) is 12.4 Å². The van der Waals surface area contributed by atoms with Crippen molar-refractivity contribution in [2.75, 3.05) is 5.75 Å². The lowest BCUT2D eigenvalue weighted by atomic mass is 10.1. The zero-order valence-corrected chi connectivity index (χ0v) is 16.5. The van der Waals surface area contributed by atoms with E-state index in [-0.39, 0.29) is 17.8 Å². The fourth-order valence-electron chi connectivity index (χ4n) is 2.68. The summed E-state index contributed by atoms with van der Waals surface area (Å²) in [6.45, 7) is 6.69. The second-order valence-electron chi connectivity index (χ2n) is 6.27. The van der Waals surface area contributed by atoms with E-state index in [1.165, 1.54) is 17.1 Å². The lowest BCUT2D eigenvalue weighted by Gasteiger charge is -2.10. The highest BCUT2D eigenvalue weighted by Crippen LogP contribution is 2.22. The van der Waals surface area contributed by atoms with Gasteiger partial charge in [-0.3, -0.25) is 4.79 Å². The van der Waals surface area contributed by atoms with Crippen LogP contribution in [0.4, 0.5) is 0 Å². The summed E-state index contributed by atoms with van der Waals surface area (Å²) in [5.41, 5.74) is 0. The Hall–Kier alpha value is -2.54. The predicted molar refractivity (Wildman–Crippen MR) is 106 cm³/mol. The van der Waals surface area contributed by atoms with Crippen molar-refractivity contribution < 1.29 is 14.3 Å². The van der Waals surface area contributed by atoms with E-state index in [9.17, 15) is 4.79 Å². The Morgan fingerprint density at radius 1 is 1.15 bits per heavy atom. The number of hydrogen-bond donors (Lipinski definition) is 0. The van der Waals surface area contributed by atoms with Gasteiger partial charge in [-0.1, -0.05) is 42.1 Å². The number of carbonyl (C=O) groups excluding carboxylic acids is 1. The van der Waals surface area contributed by atoms with E-state index in [2.05, 4.69) is 22.3 Å². The van der Waals surface area contributed by atoms with Crippen molar-refractivity contribution in [3.05, 3.63) is 48.3 Å². The maximum Gasteiger partial charge on any atom is 0.316 e. The molecular weight excluding hydrogens is 362 g/mol. The maximum absolute atomic E-state index is 11.7. The van der Waals surface area contributed by atoms with Crippen molar-refractivity contribution in [1.29, 1.82) is 0 Å². The van der Waals surface area contributed by atoms with Crippen molar-refractivity contribution in [2.24, 2.45) is 0 Å². The molecule has 0 spiro atoms. The Morgan fingerprint density at radius 2 is 1.93 bits per heavy atom. The van der Waals surface area contributed by atoms with Crippen LogP contribution in [0.15, 0.2) is 47.6 Å². The summed E-state index contributed by atoms with van der Waals surface area (Å²) in [7, 11) is 0. The third-order valence-electron chi connectivity index (χ3n) is 3.88. The van der Waals surface area contributed by atoms with Crippen LogP contribution in [0.25, 0.3) is 10.8 Å². The smallest absolute Gasteiger partial charge is 0.316 e. The molecule has 1 heterocycles. The lowest BCUT2D eigenvalue weighted by molar-refractivity contribution is -0.144. The second-order valence-corrected chi connectivity index (χ2v) is 7.21. The highest BCUT2D eigenvalue weighted by molar-refractivity contribution is 7.99. The molecule has 0 atom stereocenters. The van der Waals surface area contributed by atoms with E-state index in [4.69, 9.17) is 9.47 Å². The quantitative estimate of drug-likeness (QED) is 0.430. The van der Waals surface area contributed by atoms with Gasteiger partial charge in [0.15, 0.2) is 11.0 Å². The molecule has 2 aromatic carbocycles. The van der Waals surface area contributed by atoms with E-state index in [1.807, 2.05) is 55.7 Å². The fraction of sp³-hybridized carbons (Fsp3) is 0.350. The number of hydrogen-bond acceptors (Lipinski definition) is 6. The molecule has 0 N–H and O–H groups in total. The Bertz CT molecular complexity index is 924. The van der Waals surface area contributed by atoms with Gasteiger partial charge in [-0.05, 0) is 43.7 Å². The second kappa shape index (κ2) is 8.90. The summed E-state index contributed by atoms with van der Waals surface area (Å²) in [5.74, 6) is 1.47. The first kappa shape index (κ1) is 19.2. The van der Waals surface area contributed by atoms with Crippen molar-refractivity contribution >= 4 is 28.5 Å². The molecule has 3 aromatic rings. The van der Waals surface area contributed by atoms with Crippen LogP contribution in [-0.4, -0.2) is 32.6 Å². The van der Waals surface area contributed by atoms with Gasteiger partial charge in [-0.25, -0.2) is 0 Å². The molecule has 1 aromatic heterocycles. The third kappa shape index (κ3) is 5.01. The number of thioether (sulfide) groups is 1. The average Bonchev–Trinajstić information content (AvgIpc) is 3.06. The molecule has 3 rings (SSSR count). The molecule has 0 fully saturated rings. The molecule has 0 radical (unpaired) electrons. The molecule has 0 bridgehead atoms. The van der Waals surface area contributed by atoms with Crippen LogP contribution in [0, 0.1) is 0 Å². The van der Waals surface area contributed by atoms with E-state index in [0.717, 1.165) is 17.0 Å². The van der Waals surface area contributed by atoms with Crippen molar-refractivity contribution in [1.82, 2.24) is 14.8 Å². The van der Waals surface area contributed by atoms with Gasteiger partial charge in [0.05, 0.1) is 11.9 Å². The van der Waals surface area contributed by atoms with Gasteiger partial charge < -0.3 is 14.0 Å². The zero-order chi connectivity index (χ0) is 19.2. The number of ether oxygens (including phenoxy) is 2. The average molecular weight is 385 g/mol. The summed E-state index contributed by atoms with van der Waals surface area (Å²) < 4.78 is 13.0. The van der Waals surface area contributed by atoms with Gasteiger partial charge in [-0.2, -0.15) is 0 Å². The number of benzene rings is 2. The first-order valence-electron chi connectivity index (χ1n) is 8.92. The van der Waals surface area contributed by atoms with Gasteiger partial charge in [0, 0.05) is 6.54 Å². The van der Waals surface area contributed by atoms with Crippen molar-refractivity contribution in [3.63, 3.8) is 0 Å². The number of esters is 1. The molecular formula is C20H23N3O3S. The predicted octanol–water partition coefficient (Wildman–Crippen LogP) is 4.07. The van der Waals surface area contributed by atoms with Crippen molar-refractivity contribution in [3.8, 4) is 5.75 Å². The number of aromatic nitrogens is 3. The first-order chi connectivity index (χ1) is 13.1. The first-order valence-corrected chi connectivity index (χ1v) is 9.91. The molecule has 6 nitrogen and oxygen atoms in total. The maximum atomic E-state index is 11.7. The highest BCUT2D eigenvalue weighted by Gasteiger charge is 2.15. The fourth-order valence-corrected chi connectivity index (χ4v) is 3.48. The van der Waals surface area contributed by atoms with Crippen LogP contribution in [-0.2, 0) is 22.7 Å². The molecule has 142 valence electrons. The molecule has 0 aliphatic rings. The summed E-state index contributed by atoms with van der Waals surface area (Å²) in [6.07, 6.45) is -0.118. The van der Waals surface area contributed by atoms with E-state index in [1.54, 1.807) is 0 Å². The van der Waals surface area contributed by atoms with Crippen LogP contribution in [0.2, 0.25) is 0 Å².